The Morgan fingerprint density at radius 1 is 1.07 bits per heavy atom. The van der Waals surface area contributed by atoms with E-state index in [1.807, 2.05) is 0 Å². The fourth-order valence-corrected chi connectivity index (χ4v) is 8.66. The molecular weight excluding hydrogens is 626 g/mol. The number of likely N-dealkylation sites (tertiary alicyclic amines) is 2. The van der Waals surface area contributed by atoms with E-state index >= 15 is 0 Å². The minimum absolute atomic E-state index is 0.0905. The number of pyridine rings is 1. The van der Waals surface area contributed by atoms with E-state index in [-0.39, 0.29) is 46.6 Å². The molecule has 0 bridgehead atoms. The number of hydrogen-bond donors (Lipinski definition) is 3. The molecule has 2 aromatic carbocycles. The summed E-state index contributed by atoms with van der Waals surface area (Å²) in [5.74, 6) is -1.34. The number of aromatic nitrogens is 1. The quantitative estimate of drug-likeness (QED) is 0.263. The third-order valence-electron chi connectivity index (χ3n) is 8.02. The molecule has 3 N–H and O–H groups in total. The lowest BCUT2D eigenvalue weighted by Gasteiger charge is -2.34. The number of carbonyl (C=O) groups is 3. The minimum Gasteiger partial charge on any atom is -0.493 e. The smallest absolute Gasteiger partial charge is 0.252 e. The Morgan fingerprint density at radius 2 is 1.86 bits per heavy atom. The number of carbonyl (C=O) groups excluding carboxylic acids is 3. The number of nitrogens with one attached hydrogen (secondary N) is 2. The van der Waals surface area contributed by atoms with Crippen molar-refractivity contribution in [1.82, 2.24) is 24.8 Å². The molecule has 44 heavy (non-hydrogen) atoms. The molecule has 2 aromatic heterocycles. The summed E-state index contributed by atoms with van der Waals surface area (Å²) in [6.07, 6.45) is 2.31. The van der Waals surface area contributed by atoms with Crippen LogP contribution in [0, 0.1) is 0 Å². The molecule has 0 spiro atoms. The van der Waals surface area contributed by atoms with Crippen LogP contribution in [0.4, 0.5) is 0 Å². The monoisotopic (exact) mass is 655 g/mol. The van der Waals surface area contributed by atoms with Gasteiger partial charge in [0.1, 0.15) is 10.3 Å². The van der Waals surface area contributed by atoms with Crippen LogP contribution in [-0.2, 0) is 19.6 Å². The molecule has 0 aliphatic carbocycles. The van der Waals surface area contributed by atoms with Crippen LogP contribution < -0.4 is 10.0 Å². The Balaban J connectivity index is 1.08. The van der Waals surface area contributed by atoms with Crippen molar-refractivity contribution in [2.75, 3.05) is 26.2 Å². The van der Waals surface area contributed by atoms with E-state index in [0.717, 1.165) is 22.5 Å². The van der Waals surface area contributed by atoms with Gasteiger partial charge in [0.25, 0.3) is 15.9 Å². The Hall–Kier alpha value is -3.78. The highest BCUT2D eigenvalue weighted by molar-refractivity contribution is 7.91. The predicted octanol–water partition coefficient (Wildman–Crippen LogP) is 3.50. The highest BCUT2D eigenvalue weighted by Gasteiger charge is 2.36. The third-order valence-corrected chi connectivity index (χ3v) is 11.3. The fourth-order valence-electron chi connectivity index (χ4n) is 5.86. The van der Waals surface area contributed by atoms with E-state index in [1.54, 1.807) is 47.4 Å². The number of hydrogen-bond acceptors (Lipinski definition) is 8. The van der Waals surface area contributed by atoms with Gasteiger partial charge in [0, 0.05) is 46.9 Å². The second-order valence-electron chi connectivity index (χ2n) is 11.0. The normalized spacial score (nSPS) is 19.2. The second kappa shape index (κ2) is 12.3. The summed E-state index contributed by atoms with van der Waals surface area (Å²) in [5.41, 5.74) is 0.784. The number of aromatic hydroxyl groups is 1. The Bertz CT molecular complexity index is 1880. The maximum absolute atomic E-state index is 13.4. The van der Waals surface area contributed by atoms with Crippen LogP contribution in [0.3, 0.4) is 0 Å². The third kappa shape index (κ3) is 6.23. The number of amides is 3. The van der Waals surface area contributed by atoms with Crippen molar-refractivity contribution in [3.63, 3.8) is 0 Å². The van der Waals surface area contributed by atoms with Crippen LogP contribution in [0.2, 0.25) is 5.02 Å². The van der Waals surface area contributed by atoms with Crippen molar-refractivity contribution in [3.8, 4) is 5.88 Å². The predicted molar refractivity (Wildman–Crippen MR) is 167 cm³/mol. The summed E-state index contributed by atoms with van der Waals surface area (Å²) in [5, 5.41) is 14.7. The minimum atomic E-state index is -3.98. The molecule has 2 fully saturated rings. The highest BCUT2D eigenvalue weighted by Crippen LogP contribution is 2.31. The average Bonchev–Trinajstić information content (AvgIpc) is 3.65. The van der Waals surface area contributed by atoms with Gasteiger partial charge in [-0.15, -0.1) is 11.3 Å². The van der Waals surface area contributed by atoms with E-state index in [0.29, 0.717) is 53.7 Å². The summed E-state index contributed by atoms with van der Waals surface area (Å²) in [7, 11) is -3.98. The molecule has 2 aliphatic rings. The molecule has 2 aliphatic heterocycles. The first-order valence-electron chi connectivity index (χ1n) is 14.3. The van der Waals surface area contributed by atoms with Gasteiger partial charge in [-0.1, -0.05) is 29.8 Å². The molecule has 4 aromatic rings. The number of fused-ring (bicyclic) bond motifs is 2. The van der Waals surface area contributed by atoms with E-state index in [2.05, 4.69) is 15.0 Å². The first kappa shape index (κ1) is 30.3. The van der Waals surface area contributed by atoms with Gasteiger partial charge >= 0.3 is 0 Å². The van der Waals surface area contributed by atoms with E-state index in [1.165, 1.54) is 17.0 Å². The average molecular weight is 656 g/mol. The number of benzene rings is 2. The lowest BCUT2D eigenvalue weighted by atomic mass is 10.1. The molecular formula is C30H30ClN5O6S2. The number of sulfonamides is 1. The molecule has 6 rings (SSSR count). The van der Waals surface area contributed by atoms with E-state index in [9.17, 15) is 27.9 Å². The van der Waals surface area contributed by atoms with Crippen LogP contribution in [0.25, 0.3) is 21.0 Å². The van der Waals surface area contributed by atoms with Gasteiger partial charge in [0.2, 0.25) is 17.7 Å². The summed E-state index contributed by atoms with van der Waals surface area (Å²) >= 11 is 7.14. The number of thiophene rings is 1. The summed E-state index contributed by atoms with van der Waals surface area (Å²) in [4.78, 5) is 46.9. The van der Waals surface area contributed by atoms with Crippen LogP contribution in [0.1, 0.15) is 36.0 Å². The number of piperidine rings is 1. The van der Waals surface area contributed by atoms with Gasteiger partial charge < -0.3 is 20.2 Å². The molecule has 0 saturated carbocycles. The van der Waals surface area contributed by atoms with Crippen molar-refractivity contribution in [1.29, 1.82) is 0 Å². The first-order valence-corrected chi connectivity index (χ1v) is 16.9. The van der Waals surface area contributed by atoms with Crippen LogP contribution in [0.15, 0.2) is 58.8 Å². The zero-order valence-electron chi connectivity index (χ0n) is 23.5. The Kier molecular flexibility index (Phi) is 8.46. The maximum atomic E-state index is 13.4. The van der Waals surface area contributed by atoms with Gasteiger partial charge in [0.15, 0.2) is 0 Å². The van der Waals surface area contributed by atoms with E-state index in [4.69, 9.17) is 11.6 Å². The number of nitrogens with zero attached hydrogens (tertiary/aromatic N) is 3. The van der Waals surface area contributed by atoms with Crippen molar-refractivity contribution >= 4 is 71.7 Å². The molecule has 14 heteroatoms. The van der Waals surface area contributed by atoms with Crippen molar-refractivity contribution in [3.05, 3.63) is 65.2 Å². The number of rotatable bonds is 8. The lowest BCUT2D eigenvalue weighted by molar-refractivity contribution is -0.143. The van der Waals surface area contributed by atoms with Gasteiger partial charge in [-0.05, 0) is 61.4 Å². The number of halogens is 1. The van der Waals surface area contributed by atoms with Gasteiger partial charge in [-0.2, -0.15) is 4.72 Å². The number of para-hydroxylation sites is 1. The van der Waals surface area contributed by atoms with Gasteiger partial charge in [-0.3, -0.25) is 14.4 Å². The highest BCUT2D eigenvalue weighted by atomic mass is 35.5. The summed E-state index contributed by atoms with van der Waals surface area (Å²) in [6.45, 7) is 0.870. The standard InChI is InChI=1S/C30H30ClN5O6S2/c31-19-9-10-25-18(13-19)14-28(43-25)44(41,42)34-24-8-4-11-35(30(24)40)17-27(38)36-12-3-5-20(36)16-32-29(39)22-15-26(37)33-23-7-2-1-6-21(22)23/h1-2,6-7,9-10,13-15,20,24,34H,3-5,8,11-12,16-17H2,(H,32,39)(H,33,37)/t20-,24?/m0/s1. The fraction of sp³-hybridized carbons (Fsp3) is 0.333. The zero-order chi connectivity index (χ0) is 31.0. The van der Waals surface area contributed by atoms with Crippen LogP contribution in [0.5, 0.6) is 5.88 Å². The van der Waals surface area contributed by atoms with Crippen LogP contribution in [-0.4, -0.2) is 84.3 Å². The summed E-state index contributed by atoms with van der Waals surface area (Å²) in [6, 6.07) is 13.8. The lowest BCUT2D eigenvalue weighted by Crippen LogP contribution is -2.55. The van der Waals surface area contributed by atoms with Crippen molar-refractivity contribution in [2.45, 2.75) is 42.0 Å². The molecule has 0 radical (unpaired) electrons. The molecule has 230 valence electrons. The van der Waals surface area contributed by atoms with E-state index < -0.39 is 22.0 Å². The second-order valence-corrected chi connectivity index (χ2v) is 14.4. The van der Waals surface area contributed by atoms with Crippen molar-refractivity contribution in [2.24, 2.45) is 0 Å². The summed E-state index contributed by atoms with van der Waals surface area (Å²) < 4.78 is 29.7. The van der Waals surface area contributed by atoms with Gasteiger partial charge in [-0.25, -0.2) is 13.4 Å². The molecule has 1 unspecified atom stereocenters. The largest absolute Gasteiger partial charge is 0.493 e. The maximum Gasteiger partial charge on any atom is 0.252 e. The Labute approximate surface area is 262 Å². The van der Waals surface area contributed by atoms with Gasteiger partial charge in [0.05, 0.1) is 17.6 Å². The molecule has 11 nitrogen and oxygen atoms in total. The molecule has 2 saturated heterocycles. The molecule has 3 amide bonds. The first-order chi connectivity index (χ1) is 21.1. The van der Waals surface area contributed by atoms with Crippen molar-refractivity contribution < 1.29 is 27.9 Å². The SMILES string of the molecule is O=C(NC[C@@H]1CCCN1C(=O)CN1CCCC(NS(=O)(=O)c2cc3cc(Cl)ccc3s2)C1=O)c1cc(O)nc2ccccc12. The molecule has 2 atom stereocenters. The van der Waals surface area contributed by atoms with Crippen LogP contribution >= 0.6 is 22.9 Å². The topological polar surface area (TPSA) is 149 Å². The Morgan fingerprint density at radius 3 is 2.70 bits per heavy atom. The molecule has 4 heterocycles. The zero-order valence-corrected chi connectivity index (χ0v) is 25.9.